The third-order valence-electron chi connectivity index (χ3n) is 3.83. The topological polar surface area (TPSA) is 73.6 Å². The molecule has 0 aliphatic rings. The molecule has 0 bridgehead atoms. The quantitative estimate of drug-likeness (QED) is 0.709. The minimum Gasteiger partial charge on any atom is -0.397 e. The summed E-state index contributed by atoms with van der Waals surface area (Å²) >= 11 is 0. The molecule has 0 amide bonds. The lowest BCUT2D eigenvalue weighted by molar-refractivity contribution is 0.628. The average molecular weight is 313 g/mol. The maximum absolute atomic E-state index is 15.1. The average Bonchev–Trinajstić information content (AvgIpc) is 2.63. The molecular weight excluding hydrogens is 301 g/mol. The Balaban J connectivity index is 2.44. The van der Waals surface area contributed by atoms with Crippen LogP contribution in [0.2, 0.25) is 0 Å². The number of hydrogen-bond acceptors (Lipinski definition) is 3. The lowest BCUT2D eigenvalue weighted by atomic mass is 9.88. The van der Waals surface area contributed by atoms with Crippen molar-refractivity contribution in [3.05, 3.63) is 77.6 Å². The Bertz CT molecular complexity index is 940. The number of rotatable bonds is 2. The summed E-state index contributed by atoms with van der Waals surface area (Å²) in [6.45, 7) is 0. The number of nitrogen functional groups attached to an aromatic ring is 1. The first kappa shape index (κ1) is 15.3. The largest absolute Gasteiger partial charge is 0.397 e. The first-order valence-electron chi connectivity index (χ1n) is 7.25. The zero-order chi connectivity index (χ0) is 17.1. The summed E-state index contributed by atoms with van der Waals surface area (Å²) in [6.07, 6.45) is 0. The van der Waals surface area contributed by atoms with Gasteiger partial charge in [-0.05, 0) is 11.1 Å². The second-order valence-electron chi connectivity index (χ2n) is 5.18. The number of nitriles is 2. The van der Waals surface area contributed by atoms with E-state index in [2.05, 4.69) is 0 Å². The van der Waals surface area contributed by atoms with Crippen molar-refractivity contribution < 1.29 is 4.39 Å². The maximum atomic E-state index is 15.1. The minimum atomic E-state index is -0.709. The number of anilines is 1. The molecule has 3 nitrogen and oxygen atoms in total. The predicted molar refractivity (Wildman–Crippen MR) is 91.1 cm³/mol. The summed E-state index contributed by atoms with van der Waals surface area (Å²) in [7, 11) is 0. The molecule has 0 spiro atoms. The van der Waals surface area contributed by atoms with Crippen molar-refractivity contribution in [2.75, 3.05) is 5.73 Å². The fourth-order valence-corrected chi connectivity index (χ4v) is 2.74. The maximum Gasteiger partial charge on any atom is 0.151 e. The molecule has 0 fully saturated rings. The summed E-state index contributed by atoms with van der Waals surface area (Å²) in [5, 5.41) is 19.1. The van der Waals surface area contributed by atoms with Crippen LogP contribution in [0.25, 0.3) is 22.3 Å². The highest BCUT2D eigenvalue weighted by atomic mass is 19.1. The van der Waals surface area contributed by atoms with E-state index in [-0.39, 0.29) is 27.9 Å². The molecule has 3 rings (SSSR count). The molecule has 0 aromatic heterocycles. The van der Waals surface area contributed by atoms with Crippen LogP contribution in [0, 0.1) is 28.5 Å². The van der Waals surface area contributed by atoms with E-state index in [4.69, 9.17) is 5.73 Å². The highest BCUT2D eigenvalue weighted by molar-refractivity contribution is 5.91. The third-order valence-corrected chi connectivity index (χ3v) is 3.83. The summed E-state index contributed by atoms with van der Waals surface area (Å²) in [6, 6.07) is 21.4. The molecule has 3 aromatic carbocycles. The summed E-state index contributed by atoms with van der Waals surface area (Å²) in [4.78, 5) is 0. The molecule has 3 aromatic rings. The first-order chi connectivity index (χ1) is 11.7. The van der Waals surface area contributed by atoms with Gasteiger partial charge in [-0.3, -0.25) is 0 Å². The summed E-state index contributed by atoms with van der Waals surface area (Å²) in [5.41, 5.74) is 7.52. The molecule has 2 N–H and O–H groups in total. The van der Waals surface area contributed by atoms with Gasteiger partial charge in [0.05, 0.1) is 16.8 Å². The number of benzene rings is 3. The Morgan fingerprint density at radius 2 is 1.17 bits per heavy atom. The predicted octanol–water partition coefficient (Wildman–Crippen LogP) is 4.49. The molecule has 0 saturated heterocycles. The van der Waals surface area contributed by atoms with E-state index in [1.165, 1.54) is 0 Å². The molecule has 0 atom stereocenters. The van der Waals surface area contributed by atoms with E-state index < -0.39 is 5.82 Å². The van der Waals surface area contributed by atoms with Crippen LogP contribution in [0.5, 0.6) is 0 Å². The molecule has 24 heavy (non-hydrogen) atoms. The fourth-order valence-electron chi connectivity index (χ4n) is 2.74. The van der Waals surface area contributed by atoms with Crippen LogP contribution in [-0.4, -0.2) is 0 Å². The van der Waals surface area contributed by atoms with E-state index in [0.717, 1.165) is 0 Å². The van der Waals surface area contributed by atoms with Gasteiger partial charge < -0.3 is 5.73 Å². The molecule has 4 heteroatoms. The van der Waals surface area contributed by atoms with Crippen LogP contribution in [0.1, 0.15) is 11.1 Å². The Morgan fingerprint density at radius 1 is 0.708 bits per heavy atom. The summed E-state index contributed by atoms with van der Waals surface area (Å²) < 4.78 is 15.1. The van der Waals surface area contributed by atoms with Gasteiger partial charge in [-0.15, -0.1) is 0 Å². The Hall–Kier alpha value is -3.63. The van der Waals surface area contributed by atoms with Crippen LogP contribution in [0.3, 0.4) is 0 Å². The van der Waals surface area contributed by atoms with Gasteiger partial charge in [-0.2, -0.15) is 10.5 Å². The van der Waals surface area contributed by atoms with Gasteiger partial charge in [0.2, 0.25) is 0 Å². The van der Waals surface area contributed by atoms with Gasteiger partial charge in [-0.25, -0.2) is 4.39 Å². The molecule has 0 saturated carbocycles. The van der Waals surface area contributed by atoms with Crippen LogP contribution in [-0.2, 0) is 0 Å². The van der Waals surface area contributed by atoms with Crippen molar-refractivity contribution in [1.82, 2.24) is 0 Å². The SMILES string of the molecule is N#Cc1c(N)c(-c2ccccc2)c(F)c(C#N)c1-c1ccccc1. The van der Waals surface area contributed by atoms with Crippen molar-refractivity contribution in [1.29, 1.82) is 10.5 Å². The summed E-state index contributed by atoms with van der Waals surface area (Å²) in [5.74, 6) is -0.709. The standard InChI is InChI=1S/C20H12FN3/c21-19-15(11-22)17(13-7-3-1-4-8-13)16(12-23)20(24)18(19)14-9-5-2-6-10-14/h1-10H,24H2. The smallest absolute Gasteiger partial charge is 0.151 e. The molecule has 0 heterocycles. The molecule has 0 unspecified atom stereocenters. The lowest BCUT2D eigenvalue weighted by Crippen LogP contribution is -2.04. The van der Waals surface area contributed by atoms with Gasteiger partial charge in [0.1, 0.15) is 12.1 Å². The number of nitrogens with two attached hydrogens (primary N) is 1. The van der Waals surface area contributed by atoms with Crippen LogP contribution < -0.4 is 5.73 Å². The highest BCUT2D eigenvalue weighted by Crippen LogP contribution is 2.40. The zero-order valence-electron chi connectivity index (χ0n) is 12.6. The third kappa shape index (κ3) is 2.37. The second-order valence-corrected chi connectivity index (χ2v) is 5.18. The normalized spacial score (nSPS) is 9.96. The Kier molecular flexibility index (Phi) is 3.97. The number of nitrogens with zero attached hydrogens (tertiary/aromatic N) is 2. The number of halogens is 1. The fraction of sp³-hybridized carbons (Fsp3) is 0. The van der Waals surface area contributed by atoms with Gasteiger partial charge in [0.15, 0.2) is 5.82 Å². The molecule has 0 radical (unpaired) electrons. The van der Waals surface area contributed by atoms with E-state index in [9.17, 15) is 10.5 Å². The minimum absolute atomic E-state index is 0.0408. The zero-order valence-corrected chi connectivity index (χ0v) is 12.6. The van der Waals surface area contributed by atoms with Gasteiger partial charge in [0, 0.05) is 11.1 Å². The Labute approximate surface area is 139 Å². The van der Waals surface area contributed by atoms with Crippen molar-refractivity contribution in [3.63, 3.8) is 0 Å². The van der Waals surface area contributed by atoms with E-state index >= 15 is 4.39 Å². The van der Waals surface area contributed by atoms with Crippen molar-refractivity contribution >= 4 is 5.69 Å². The number of hydrogen-bond donors (Lipinski definition) is 1. The molecule has 114 valence electrons. The van der Waals surface area contributed by atoms with E-state index in [1.807, 2.05) is 12.1 Å². The monoisotopic (exact) mass is 313 g/mol. The van der Waals surface area contributed by atoms with Crippen LogP contribution in [0.15, 0.2) is 60.7 Å². The molecular formula is C20H12FN3. The second kappa shape index (κ2) is 6.24. The molecule has 0 aliphatic carbocycles. The van der Waals surface area contributed by atoms with Gasteiger partial charge in [0.25, 0.3) is 0 Å². The van der Waals surface area contributed by atoms with Crippen LogP contribution in [0.4, 0.5) is 10.1 Å². The van der Waals surface area contributed by atoms with Gasteiger partial charge >= 0.3 is 0 Å². The first-order valence-corrected chi connectivity index (χ1v) is 7.25. The molecule has 0 aliphatic heterocycles. The lowest BCUT2D eigenvalue weighted by Gasteiger charge is -2.16. The van der Waals surface area contributed by atoms with Crippen molar-refractivity contribution in [2.45, 2.75) is 0 Å². The Morgan fingerprint density at radius 3 is 1.62 bits per heavy atom. The highest BCUT2D eigenvalue weighted by Gasteiger charge is 2.24. The van der Waals surface area contributed by atoms with Gasteiger partial charge in [-0.1, -0.05) is 60.7 Å². The van der Waals surface area contributed by atoms with E-state index in [0.29, 0.717) is 11.1 Å². The van der Waals surface area contributed by atoms with E-state index in [1.54, 1.807) is 60.7 Å². The van der Waals surface area contributed by atoms with Crippen molar-refractivity contribution in [2.24, 2.45) is 0 Å². The van der Waals surface area contributed by atoms with Crippen molar-refractivity contribution in [3.8, 4) is 34.4 Å². The van der Waals surface area contributed by atoms with Crippen LogP contribution >= 0.6 is 0 Å².